The number of rotatable bonds is 8. The molecule has 1 unspecified atom stereocenters. The predicted octanol–water partition coefficient (Wildman–Crippen LogP) is 1.74. The van der Waals surface area contributed by atoms with Crippen LogP contribution in [-0.2, 0) is 13.1 Å². The van der Waals surface area contributed by atoms with Crippen LogP contribution in [0.4, 0.5) is 0 Å². The lowest BCUT2D eigenvalue weighted by atomic mass is 10.0. The first kappa shape index (κ1) is 18.9. The fourth-order valence-corrected chi connectivity index (χ4v) is 4.24. The first-order valence-electron chi connectivity index (χ1n) is 10.2. The molecule has 3 heteroatoms. The molecule has 0 aliphatic carbocycles. The molecule has 1 atom stereocenters. The molecule has 1 aliphatic rings. The Morgan fingerprint density at radius 1 is 0.962 bits per heavy atom. The summed E-state index contributed by atoms with van der Waals surface area (Å²) in [6.45, 7) is 11.1. The molecular formula is C23H34N2O+2. The van der Waals surface area contributed by atoms with Crippen LogP contribution in [-0.4, -0.2) is 32.3 Å². The Bertz CT molecular complexity index is 650. The molecule has 1 heterocycles. The van der Waals surface area contributed by atoms with E-state index in [0.717, 1.165) is 31.5 Å². The molecule has 26 heavy (non-hydrogen) atoms. The van der Waals surface area contributed by atoms with Gasteiger partial charge in [0.2, 0.25) is 0 Å². The Labute approximate surface area is 158 Å². The van der Waals surface area contributed by atoms with Crippen molar-refractivity contribution in [2.75, 3.05) is 26.2 Å². The van der Waals surface area contributed by atoms with Crippen molar-refractivity contribution in [3.05, 3.63) is 65.7 Å². The van der Waals surface area contributed by atoms with Crippen LogP contribution in [0.5, 0.6) is 5.75 Å². The standard InChI is InChI=1S/C23H32N2O/c1-3-25(18-20-10-6-5-7-11-20)22-14-16-24(17-15-22)19-21-12-8-9-13-23(21)26-4-2/h5-13,22H,3-4,14-19H2,1-2H3/p+2. The molecule has 0 aromatic heterocycles. The van der Waals surface area contributed by atoms with Crippen molar-refractivity contribution in [1.29, 1.82) is 0 Å². The van der Waals surface area contributed by atoms with Crippen molar-refractivity contribution in [3.63, 3.8) is 0 Å². The van der Waals surface area contributed by atoms with E-state index >= 15 is 0 Å². The van der Waals surface area contributed by atoms with Crippen LogP contribution in [0.25, 0.3) is 0 Å². The van der Waals surface area contributed by atoms with Gasteiger partial charge < -0.3 is 14.5 Å². The normalized spacial score (nSPS) is 21.3. The molecule has 3 nitrogen and oxygen atoms in total. The number of para-hydroxylation sites is 1. The molecule has 0 amide bonds. The lowest BCUT2D eigenvalue weighted by molar-refractivity contribution is -0.969. The Hall–Kier alpha value is -1.84. The van der Waals surface area contributed by atoms with E-state index in [2.05, 4.69) is 68.4 Å². The molecule has 1 fully saturated rings. The third kappa shape index (κ3) is 5.09. The average molecular weight is 355 g/mol. The van der Waals surface area contributed by atoms with Crippen molar-refractivity contribution in [3.8, 4) is 5.75 Å². The molecule has 1 saturated heterocycles. The second kappa shape index (κ2) is 9.75. The van der Waals surface area contributed by atoms with E-state index < -0.39 is 0 Å². The van der Waals surface area contributed by atoms with E-state index in [1.54, 1.807) is 9.80 Å². The van der Waals surface area contributed by atoms with Gasteiger partial charge in [0, 0.05) is 24.0 Å². The molecule has 2 aromatic rings. The number of quaternary nitrogens is 2. The molecule has 0 bridgehead atoms. The minimum atomic E-state index is 0.739. The van der Waals surface area contributed by atoms with Crippen LogP contribution >= 0.6 is 0 Å². The van der Waals surface area contributed by atoms with Crippen LogP contribution in [0, 0.1) is 0 Å². The van der Waals surface area contributed by atoms with Gasteiger partial charge >= 0.3 is 0 Å². The number of benzene rings is 2. The third-order valence-electron chi connectivity index (χ3n) is 5.71. The van der Waals surface area contributed by atoms with Crippen LogP contribution in [0.2, 0.25) is 0 Å². The largest absolute Gasteiger partial charge is 0.493 e. The Morgan fingerprint density at radius 2 is 1.65 bits per heavy atom. The smallest absolute Gasteiger partial charge is 0.128 e. The second-order valence-electron chi connectivity index (χ2n) is 7.42. The fourth-order valence-electron chi connectivity index (χ4n) is 4.24. The van der Waals surface area contributed by atoms with Gasteiger partial charge in [-0.1, -0.05) is 42.5 Å². The highest BCUT2D eigenvalue weighted by Crippen LogP contribution is 2.17. The minimum Gasteiger partial charge on any atom is -0.493 e. The molecule has 0 radical (unpaired) electrons. The lowest BCUT2D eigenvalue weighted by Crippen LogP contribution is -3.19. The monoisotopic (exact) mass is 354 g/mol. The Kier molecular flexibility index (Phi) is 7.10. The molecule has 0 spiro atoms. The first-order chi connectivity index (χ1) is 12.8. The Balaban J connectivity index is 1.53. The summed E-state index contributed by atoms with van der Waals surface area (Å²) < 4.78 is 5.80. The van der Waals surface area contributed by atoms with E-state index in [9.17, 15) is 0 Å². The number of piperidine rings is 1. The SMILES string of the molecule is CCOc1ccccc1C[NH+]1CCC([NH+](CC)Cc2ccccc2)CC1. The summed E-state index contributed by atoms with van der Waals surface area (Å²) in [6.07, 6.45) is 2.64. The molecule has 2 N–H and O–H groups in total. The van der Waals surface area contributed by atoms with Crippen LogP contribution in [0.15, 0.2) is 54.6 Å². The summed E-state index contributed by atoms with van der Waals surface area (Å²) in [7, 11) is 0. The van der Waals surface area contributed by atoms with Crippen LogP contribution in [0.3, 0.4) is 0 Å². The van der Waals surface area contributed by atoms with Gasteiger partial charge in [-0.25, -0.2) is 0 Å². The van der Waals surface area contributed by atoms with Gasteiger partial charge in [0.05, 0.1) is 32.3 Å². The predicted molar refractivity (Wildman–Crippen MR) is 107 cm³/mol. The summed E-state index contributed by atoms with van der Waals surface area (Å²) >= 11 is 0. The maximum atomic E-state index is 5.80. The van der Waals surface area contributed by atoms with Crippen LogP contribution in [0.1, 0.15) is 37.8 Å². The maximum absolute atomic E-state index is 5.80. The van der Waals surface area contributed by atoms with Gasteiger partial charge in [-0.3, -0.25) is 0 Å². The average Bonchev–Trinajstić information content (AvgIpc) is 2.69. The van der Waals surface area contributed by atoms with Crippen molar-refractivity contribution in [1.82, 2.24) is 0 Å². The van der Waals surface area contributed by atoms with Gasteiger partial charge in [0.25, 0.3) is 0 Å². The number of likely N-dealkylation sites (tertiary alicyclic amines) is 1. The van der Waals surface area contributed by atoms with Crippen molar-refractivity contribution in [2.24, 2.45) is 0 Å². The van der Waals surface area contributed by atoms with E-state index in [-0.39, 0.29) is 0 Å². The number of nitrogens with one attached hydrogen (secondary N) is 2. The first-order valence-corrected chi connectivity index (χ1v) is 10.2. The molecule has 140 valence electrons. The quantitative estimate of drug-likeness (QED) is 0.739. The topological polar surface area (TPSA) is 18.1 Å². The highest BCUT2D eigenvalue weighted by atomic mass is 16.5. The number of hydrogen-bond donors (Lipinski definition) is 2. The highest BCUT2D eigenvalue weighted by molar-refractivity contribution is 5.32. The molecule has 0 saturated carbocycles. The summed E-state index contributed by atoms with van der Waals surface area (Å²) in [4.78, 5) is 3.44. The Morgan fingerprint density at radius 3 is 2.35 bits per heavy atom. The number of hydrogen-bond acceptors (Lipinski definition) is 1. The molecule has 2 aromatic carbocycles. The van der Waals surface area contributed by atoms with Crippen LogP contribution < -0.4 is 14.5 Å². The minimum absolute atomic E-state index is 0.739. The zero-order valence-corrected chi connectivity index (χ0v) is 16.3. The summed E-state index contributed by atoms with van der Waals surface area (Å²) in [5, 5.41) is 0. The number of ether oxygens (including phenoxy) is 1. The second-order valence-corrected chi connectivity index (χ2v) is 7.42. The zero-order valence-electron chi connectivity index (χ0n) is 16.3. The van der Waals surface area contributed by atoms with Gasteiger partial charge in [-0.2, -0.15) is 0 Å². The van der Waals surface area contributed by atoms with E-state index in [1.807, 2.05) is 0 Å². The summed E-state index contributed by atoms with van der Waals surface area (Å²) in [5.41, 5.74) is 2.82. The molecule has 1 aliphatic heterocycles. The zero-order chi connectivity index (χ0) is 18.2. The summed E-state index contributed by atoms with van der Waals surface area (Å²) in [5.74, 6) is 1.06. The van der Waals surface area contributed by atoms with E-state index in [4.69, 9.17) is 4.74 Å². The van der Waals surface area contributed by atoms with Crippen molar-refractivity contribution < 1.29 is 14.5 Å². The lowest BCUT2D eigenvalue weighted by Gasteiger charge is -2.34. The van der Waals surface area contributed by atoms with Gasteiger partial charge in [-0.05, 0) is 26.0 Å². The van der Waals surface area contributed by atoms with Gasteiger partial charge in [0.15, 0.2) is 0 Å². The maximum Gasteiger partial charge on any atom is 0.128 e. The summed E-state index contributed by atoms with van der Waals surface area (Å²) in [6, 6.07) is 20.3. The molecule has 3 rings (SSSR count). The highest BCUT2D eigenvalue weighted by Gasteiger charge is 2.29. The van der Waals surface area contributed by atoms with Gasteiger partial charge in [0.1, 0.15) is 18.8 Å². The fraction of sp³-hybridized carbons (Fsp3) is 0.478. The molecular weight excluding hydrogens is 320 g/mol. The van der Waals surface area contributed by atoms with Crippen molar-refractivity contribution in [2.45, 2.75) is 45.8 Å². The van der Waals surface area contributed by atoms with Gasteiger partial charge in [-0.15, -0.1) is 0 Å². The van der Waals surface area contributed by atoms with E-state index in [0.29, 0.717) is 0 Å². The van der Waals surface area contributed by atoms with E-state index in [1.165, 1.54) is 43.6 Å². The third-order valence-corrected chi connectivity index (χ3v) is 5.71. The van der Waals surface area contributed by atoms with Crippen molar-refractivity contribution >= 4 is 0 Å².